The quantitative estimate of drug-likeness (QED) is 0.729. The van der Waals surface area contributed by atoms with Gasteiger partial charge in [-0.15, -0.1) is 11.8 Å². The number of nitrogens with zero attached hydrogens (tertiary/aromatic N) is 1. The van der Waals surface area contributed by atoms with Gasteiger partial charge in [0, 0.05) is 16.6 Å². The van der Waals surface area contributed by atoms with Crippen molar-refractivity contribution in [2.45, 2.75) is 31.2 Å². The van der Waals surface area contributed by atoms with E-state index in [4.69, 9.17) is 5.26 Å². The lowest BCUT2D eigenvalue weighted by atomic mass is 10.2. The van der Waals surface area contributed by atoms with Gasteiger partial charge in [0.2, 0.25) is 5.91 Å². The number of anilines is 1. The highest BCUT2D eigenvalue weighted by atomic mass is 32.2. The van der Waals surface area contributed by atoms with Gasteiger partial charge < -0.3 is 10.6 Å². The van der Waals surface area contributed by atoms with E-state index in [1.165, 1.54) is 11.8 Å². The smallest absolute Gasteiger partial charge is 0.252 e. The molecule has 2 aromatic carbocycles. The molecule has 2 aromatic rings. The molecule has 134 valence electrons. The number of thioether (sulfide) groups is 1. The van der Waals surface area contributed by atoms with Crippen molar-refractivity contribution in [3.63, 3.8) is 0 Å². The molecule has 0 aromatic heterocycles. The molecule has 0 bridgehead atoms. The fourth-order valence-electron chi connectivity index (χ4n) is 2.19. The monoisotopic (exact) mass is 367 g/mol. The standard InChI is InChI=1S/C20H21N3O2S/c1-3-14(2)22-20(25)17-9-4-5-10-18(17)26-13-19(24)23-16-8-6-7-15(11-16)12-21/h4-11,14H,3,13H2,1-2H3,(H,22,25)(H,23,24). The lowest BCUT2D eigenvalue weighted by Crippen LogP contribution is -2.32. The number of amides is 2. The van der Waals surface area contributed by atoms with E-state index in [1.807, 2.05) is 38.1 Å². The highest BCUT2D eigenvalue weighted by Crippen LogP contribution is 2.23. The van der Waals surface area contributed by atoms with E-state index in [2.05, 4.69) is 10.6 Å². The zero-order chi connectivity index (χ0) is 18.9. The van der Waals surface area contributed by atoms with Crippen LogP contribution < -0.4 is 10.6 Å². The maximum atomic E-state index is 12.4. The second-order valence-electron chi connectivity index (χ2n) is 5.81. The molecule has 1 unspecified atom stereocenters. The number of hydrogen-bond donors (Lipinski definition) is 2. The van der Waals surface area contributed by atoms with Crippen molar-refractivity contribution in [2.75, 3.05) is 11.1 Å². The third kappa shape index (κ3) is 5.64. The minimum atomic E-state index is -0.192. The Bertz CT molecular complexity index is 830. The van der Waals surface area contributed by atoms with E-state index in [-0.39, 0.29) is 23.6 Å². The fourth-order valence-corrected chi connectivity index (χ4v) is 3.04. The van der Waals surface area contributed by atoms with Crippen LogP contribution in [0, 0.1) is 11.3 Å². The molecule has 0 saturated carbocycles. The van der Waals surface area contributed by atoms with E-state index in [1.54, 1.807) is 30.3 Å². The van der Waals surface area contributed by atoms with Crippen molar-refractivity contribution in [1.82, 2.24) is 5.32 Å². The van der Waals surface area contributed by atoms with Crippen molar-refractivity contribution < 1.29 is 9.59 Å². The minimum absolute atomic E-state index is 0.0938. The first-order valence-corrected chi connectivity index (χ1v) is 9.34. The molecule has 26 heavy (non-hydrogen) atoms. The molecule has 2 N–H and O–H groups in total. The number of hydrogen-bond acceptors (Lipinski definition) is 4. The highest BCUT2D eigenvalue weighted by molar-refractivity contribution is 8.00. The predicted octanol–water partition coefficient (Wildman–Crippen LogP) is 3.82. The molecule has 0 aliphatic rings. The van der Waals surface area contributed by atoms with Crippen molar-refractivity contribution >= 4 is 29.3 Å². The Hall–Kier alpha value is -2.78. The summed E-state index contributed by atoms with van der Waals surface area (Å²) in [5.41, 5.74) is 1.64. The molecule has 0 spiro atoms. The summed E-state index contributed by atoms with van der Waals surface area (Å²) in [4.78, 5) is 25.3. The molecule has 0 aliphatic carbocycles. The van der Waals surface area contributed by atoms with E-state index in [9.17, 15) is 9.59 Å². The van der Waals surface area contributed by atoms with Crippen LogP contribution in [0.15, 0.2) is 53.4 Å². The summed E-state index contributed by atoms with van der Waals surface area (Å²) in [7, 11) is 0. The van der Waals surface area contributed by atoms with Crippen molar-refractivity contribution in [3.05, 3.63) is 59.7 Å². The number of nitriles is 1. The number of rotatable bonds is 7. The van der Waals surface area contributed by atoms with E-state index < -0.39 is 0 Å². The summed E-state index contributed by atoms with van der Waals surface area (Å²) in [6.45, 7) is 3.97. The van der Waals surface area contributed by atoms with Crippen LogP contribution in [0.25, 0.3) is 0 Å². The zero-order valence-corrected chi connectivity index (χ0v) is 15.6. The summed E-state index contributed by atoms with van der Waals surface area (Å²) in [6.07, 6.45) is 0.852. The average molecular weight is 367 g/mol. The van der Waals surface area contributed by atoms with Gasteiger partial charge in [0.15, 0.2) is 0 Å². The van der Waals surface area contributed by atoms with Gasteiger partial charge in [-0.25, -0.2) is 0 Å². The molecular formula is C20H21N3O2S. The lowest BCUT2D eigenvalue weighted by molar-refractivity contribution is -0.113. The van der Waals surface area contributed by atoms with Crippen LogP contribution in [0.1, 0.15) is 36.2 Å². The predicted molar refractivity (Wildman–Crippen MR) is 104 cm³/mol. The van der Waals surface area contributed by atoms with Crippen LogP contribution in [-0.2, 0) is 4.79 Å². The average Bonchev–Trinajstić information content (AvgIpc) is 2.66. The van der Waals surface area contributed by atoms with Gasteiger partial charge in [0.25, 0.3) is 5.91 Å². The second kappa shape index (κ2) is 9.64. The van der Waals surface area contributed by atoms with E-state index >= 15 is 0 Å². The third-order valence-electron chi connectivity index (χ3n) is 3.76. The molecule has 0 saturated heterocycles. The Kier molecular flexibility index (Phi) is 7.24. The molecular weight excluding hydrogens is 346 g/mol. The summed E-state index contributed by atoms with van der Waals surface area (Å²) in [6, 6.07) is 16.1. The molecule has 6 heteroatoms. The lowest BCUT2D eigenvalue weighted by Gasteiger charge is -2.14. The maximum absolute atomic E-state index is 12.4. The molecule has 0 aliphatic heterocycles. The first kappa shape index (κ1) is 19.5. The van der Waals surface area contributed by atoms with Gasteiger partial charge in [-0.1, -0.05) is 25.1 Å². The number of benzene rings is 2. The van der Waals surface area contributed by atoms with Gasteiger partial charge >= 0.3 is 0 Å². The Morgan fingerprint density at radius 3 is 2.69 bits per heavy atom. The van der Waals surface area contributed by atoms with Crippen molar-refractivity contribution in [2.24, 2.45) is 0 Å². The Morgan fingerprint density at radius 1 is 1.19 bits per heavy atom. The van der Waals surface area contributed by atoms with Crippen molar-refractivity contribution in [1.29, 1.82) is 5.26 Å². The molecule has 0 radical (unpaired) electrons. The van der Waals surface area contributed by atoms with Gasteiger partial charge in [0.05, 0.1) is 22.9 Å². The van der Waals surface area contributed by atoms with Gasteiger partial charge in [0.1, 0.15) is 0 Å². The summed E-state index contributed by atoms with van der Waals surface area (Å²) < 4.78 is 0. The molecule has 1 atom stereocenters. The number of carbonyl (C=O) groups is 2. The SMILES string of the molecule is CCC(C)NC(=O)c1ccccc1SCC(=O)Nc1cccc(C#N)c1. The van der Waals surface area contributed by atoms with Gasteiger partial charge in [-0.3, -0.25) is 9.59 Å². The van der Waals surface area contributed by atoms with Gasteiger partial charge in [-0.05, 0) is 43.7 Å². The van der Waals surface area contributed by atoms with Crippen LogP contribution in [0.5, 0.6) is 0 Å². The first-order valence-electron chi connectivity index (χ1n) is 8.36. The molecule has 0 fully saturated rings. The van der Waals surface area contributed by atoms with Crippen LogP contribution in [0.4, 0.5) is 5.69 Å². The summed E-state index contributed by atoms with van der Waals surface area (Å²) in [5.74, 6) is -0.156. The van der Waals surface area contributed by atoms with Crippen LogP contribution in [0.2, 0.25) is 0 Å². The van der Waals surface area contributed by atoms with Crippen molar-refractivity contribution in [3.8, 4) is 6.07 Å². The Labute approximate surface area is 157 Å². The third-order valence-corrected chi connectivity index (χ3v) is 4.83. The maximum Gasteiger partial charge on any atom is 0.252 e. The largest absolute Gasteiger partial charge is 0.350 e. The summed E-state index contributed by atoms with van der Waals surface area (Å²) >= 11 is 1.31. The minimum Gasteiger partial charge on any atom is -0.350 e. The number of carbonyl (C=O) groups excluding carboxylic acids is 2. The highest BCUT2D eigenvalue weighted by Gasteiger charge is 2.14. The summed E-state index contributed by atoms with van der Waals surface area (Å²) in [5, 5.41) is 14.6. The Morgan fingerprint density at radius 2 is 1.96 bits per heavy atom. The zero-order valence-electron chi connectivity index (χ0n) is 14.8. The van der Waals surface area contributed by atoms with E-state index in [0.29, 0.717) is 16.8 Å². The number of nitrogens with one attached hydrogen (secondary N) is 2. The van der Waals surface area contributed by atoms with Crippen LogP contribution in [-0.4, -0.2) is 23.6 Å². The van der Waals surface area contributed by atoms with E-state index in [0.717, 1.165) is 11.3 Å². The molecule has 2 rings (SSSR count). The normalized spacial score (nSPS) is 11.3. The first-order chi connectivity index (χ1) is 12.5. The van der Waals surface area contributed by atoms with Crippen LogP contribution in [0.3, 0.4) is 0 Å². The second-order valence-corrected chi connectivity index (χ2v) is 6.83. The molecule has 5 nitrogen and oxygen atoms in total. The Balaban J connectivity index is 1.99. The molecule has 2 amide bonds. The van der Waals surface area contributed by atoms with Crippen LogP contribution >= 0.6 is 11.8 Å². The topological polar surface area (TPSA) is 82.0 Å². The molecule has 0 heterocycles. The van der Waals surface area contributed by atoms with Gasteiger partial charge in [-0.2, -0.15) is 5.26 Å². The fraction of sp³-hybridized carbons (Fsp3) is 0.250.